The average Bonchev–Trinajstić information content (AvgIpc) is 3.19. The van der Waals surface area contributed by atoms with Gasteiger partial charge < -0.3 is 19.7 Å². The molecule has 8 nitrogen and oxygen atoms in total. The molecule has 1 radical (unpaired) electrons. The fourth-order valence-electron chi connectivity index (χ4n) is 3.83. The van der Waals surface area contributed by atoms with Crippen LogP contribution in [0.5, 0.6) is 0 Å². The van der Waals surface area contributed by atoms with Crippen molar-refractivity contribution in [1.82, 2.24) is 5.32 Å². The first kappa shape index (κ1) is 23.6. The quantitative estimate of drug-likeness (QED) is 0.439. The van der Waals surface area contributed by atoms with Crippen LogP contribution in [-0.2, 0) is 29.8 Å². The van der Waals surface area contributed by atoms with E-state index in [1.54, 1.807) is 24.3 Å². The summed E-state index contributed by atoms with van der Waals surface area (Å²) in [5, 5.41) is 11.7. The molecule has 0 saturated heterocycles. The summed E-state index contributed by atoms with van der Waals surface area (Å²) in [5.74, 6) is -1.25. The summed E-state index contributed by atoms with van der Waals surface area (Å²) < 4.78 is 27.0. The highest BCUT2D eigenvalue weighted by molar-refractivity contribution is 7.34. The number of aliphatic hydroxyl groups is 1. The van der Waals surface area contributed by atoms with Gasteiger partial charge in [0.2, 0.25) is 0 Å². The fourth-order valence-corrected chi connectivity index (χ4v) is 4.41. The lowest BCUT2D eigenvalue weighted by molar-refractivity contribution is -0.137. The van der Waals surface area contributed by atoms with Crippen LogP contribution in [0.1, 0.15) is 22.6 Å². The standard InChI is InChI=1S/C25H23NO7P/c27-14-23(24(28)33-34(30)32-15-17-8-2-1-3-9-17)26-25(29)31-16-22-20-12-6-4-10-18(20)19-11-5-7-13-21(19)22/h1-13,22-23,27H,14-16H2,(H,26,29)/t23-/m0/s1. The third-order valence-electron chi connectivity index (χ3n) is 5.45. The molecule has 1 amide bonds. The van der Waals surface area contributed by atoms with E-state index in [0.29, 0.717) is 0 Å². The van der Waals surface area contributed by atoms with Crippen molar-refractivity contribution in [2.75, 3.05) is 13.2 Å². The van der Waals surface area contributed by atoms with Gasteiger partial charge in [0.1, 0.15) is 6.61 Å². The molecule has 3 aromatic rings. The maximum atomic E-state index is 12.3. The number of hydrogen-bond acceptors (Lipinski definition) is 7. The van der Waals surface area contributed by atoms with Crippen molar-refractivity contribution in [3.05, 3.63) is 95.6 Å². The van der Waals surface area contributed by atoms with Gasteiger partial charge in [0.05, 0.1) is 13.2 Å². The number of ether oxygens (including phenoxy) is 1. The molecule has 0 aromatic heterocycles. The first-order valence-electron chi connectivity index (χ1n) is 10.6. The minimum atomic E-state index is -2.78. The number of carbonyl (C=O) groups excluding carboxylic acids is 2. The Morgan fingerprint density at radius 1 is 0.912 bits per heavy atom. The molecule has 1 aliphatic rings. The van der Waals surface area contributed by atoms with Gasteiger partial charge in [-0.2, -0.15) is 0 Å². The Morgan fingerprint density at radius 3 is 2.12 bits per heavy atom. The van der Waals surface area contributed by atoms with Crippen molar-refractivity contribution in [1.29, 1.82) is 0 Å². The number of hydrogen-bond donors (Lipinski definition) is 2. The zero-order valence-corrected chi connectivity index (χ0v) is 19.0. The highest BCUT2D eigenvalue weighted by atomic mass is 31.1. The second kappa shape index (κ2) is 11.0. The Labute approximate surface area is 197 Å². The molecule has 9 heteroatoms. The van der Waals surface area contributed by atoms with Crippen molar-refractivity contribution < 1.29 is 33.0 Å². The van der Waals surface area contributed by atoms with Crippen LogP contribution >= 0.6 is 8.25 Å². The third kappa shape index (κ3) is 5.48. The highest BCUT2D eigenvalue weighted by Crippen LogP contribution is 2.44. The van der Waals surface area contributed by atoms with Gasteiger partial charge >= 0.3 is 20.3 Å². The molecule has 2 atom stereocenters. The van der Waals surface area contributed by atoms with E-state index in [1.165, 1.54) is 0 Å². The van der Waals surface area contributed by atoms with E-state index in [1.807, 2.05) is 54.6 Å². The highest BCUT2D eigenvalue weighted by Gasteiger charge is 2.30. The molecule has 0 fully saturated rings. The molecular weight excluding hydrogens is 457 g/mol. The predicted octanol–water partition coefficient (Wildman–Crippen LogP) is 4.30. The molecule has 3 aromatic carbocycles. The number of nitrogens with one attached hydrogen (secondary N) is 1. The van der Waals surface area contributed by atoms with Crippen LogP contribution in [0.4, 0.5) is 4.79 Å². The van der Waals surface area contributed by atoms with Gasteiger partial charge in [0, 0.05) is 5.92 Å². The molecule has 1 aliphatic carbocycles. The van der Waals surface area contributed by atoms with Crippen LogP contribution in [0.15, 0.2) is 78.9 Å². The molecule has 0 heterocycles. The van der Waals surface area contributed by atoms with E-state index in [-0.39, 0.29) is 19.1 Å². The Kier molecular flexibility index (Phi) is 7.65. The summed E-state index contributed by atoms with van der Waals surface area (Å²) in [7, 11) is -2.78. The van der Waals surface area contributed by atoms with Crippen molar-refractivity contribution in [2.24, 2.45) is 0 Å². The van der Waals surface area contributed by atoms with Crippen LogP contribution < -0.4 is 5.32 Å². The van der Waals surface area contributed by atoms with E-state index in [9.17, 15) is 19.3 Å². The second-order valence-corrected chi connectivity index (χ2v) is 8.49. The van der Waals surface area contributed by atoms with Crippen LogP contribution in [0, 0.1) is 0 Å². The van der Waals surface area contributed by atoms with Gasteiger partial charge in [-0.3, -0.25) is 4.52 Å². The summed E-state index contributed by atoms with van der Waals surface area (Å²) in [6.07, 6.45) is -0.904. The van der Waals surface area contributed by atoms with Gasteiger partial charge in [-0.1, -0.05) is 78.9 Å². The largest absolute Gasteiger partial charge is 0.449 e. The van der Waals surface area contributed by atoms with E-state index in [4.69, 9.17) is 13.8 Å². The number of benzene rings is 3. The number of rotatable bonds is 9. The first-order chi connectivity index (χ1) is 16.6. The second-order valence-electron chi connectivity index (χ2n) is 7.60. The lowest BCUT2D eigenvalue weighted by Crippen LogP contribution is -2.44. The molecule has 0 bridgehead atoms. The van der Waals surface area contributed by atoms with E-state index in [0.717, 1.165) is 27.8 Å². The number of amides is 1. The zero-order chi connectivity index (χ0) is 23.9. The molecule has 0 aliphatic heterocycles. The van der Waals surface area contributed by atoms with Crippen LogP contribution in [0.2, 0.25) is 0 Å². The molecule has 0 saturated carbocycles. The molecule has 1 unspecified atom stereocenters. The van der Waals surface area contributed by atoms with Crippen LogP contribution in [0.25, 0.3) is 11.1 Å². The third-order valence-corrected chi connectivity index (χ3v) is 6.12. The van der Waals surface area contributed by atoms with E-state index >= 15 is 0 Å². The summed E-state index contributed by atoms with van der Waals surface area (Å²) in [6, 6.07) is 23.3. The summed E-state index contributed by atoms with van der Waals surface area (Å²) in [6.45, 7) is -0.737. The maximum Gasteiger partial charge on any atom is 0.431 e. The monoisotopic (exact) mass is 480 g/mol. The number of fused-ring (bicyclic) bond motifs is 3. The number of alkyl carbamates (subject to hydrolysis) is 1. The molecule has 175 valence electrons. The van der Waals surface area contributed by atoms with Gasteiger partial charge in [-0.25, -0.2) is 14.2 Å². The van der Waals surface area contributed by atoms with Crippen molar-refractivity contribution >= 4 is 20.3 Å². The van der Waals surface area contributed by atoms with Gasteiger partial charge in [-0.05, 0) is 27.8 Å². The molecule has 34 heavy (non-hydrogen) atoms. The lowest BCUT2D eigenvalue weighted by Gasteiger charge is -2.17. The summed E-state index contributed by atoms with van der Waals surface area (Å²) in [5.41, 5.74) is 5.01. The zero-order valence-electron chi connectivity index (χ0n) is 18.1. The number of carbonyl (C=O) groups is 2. The maximum absolute atomic E-state index is 12.3. The average molecular weight is 480 g/mol. The fraction of sp³-hybridized carbons (Fsp3) is 0.200. The Hall–Kier alpha value is -3.58. The van der Waals surface area contributed by atoms with E-state index in [2.05, 4.69) is 5.32 Å². The van der Waals surface area contributed by atoms with Crippen LogP contribution in [0.3, 0.4) is 0 Å². The summed E-state index contributed by atoms with van der Waals surface area (Å²) >= 11 is 0. The normalized spacial score (nSPS) is 13.4. The van der Waals surface area contributed by atoms with E-state index < -0.39 is 33.0 Å². The minimum absolute atomic E-state index is 0.0209. The first-order valence-corrected chi connectivity index (χ1v) is 11.7. The Balaban J connectivity index is 1.29. The Morgan fingerprint density at radius 2 is 1.50 bits per heavy atom. The van der Waals surface area contributed by atoms with Crippen molar-refractivity contribution in [2.45, 2.75) is 18.6 Å². The molecule has 4 rings (SSSR count). The Bertz CT molecular complexity index is 1140. The van der Waals surface area contributed by atoms with Gasteiger partial charge in [0.25, 0.3) is 0 Å². The van der Waals surface area contributed by atoms with Crippen LogP contribution in [-0.4, -0.2) is 36.4 Å². The lowest BCUT2D eigenvalue weighted by atomic mass is 9.98. The number of aliphatic hydroxyl groups excluding tert-OH is 1. The molecule has 2 N–H and O–H groups in total. The molecule has 0 spiro atoms. The van der Waals surface area contributed by atoms with Crippen molar-refractivity contribution in [3.8, 4) is 11.1 Å². The molecular formula is C25H23NO7P. The van der Waals surface area contributed by atoms with Gasteiger partial charge in [-0.15, -0.1) is 0 Å². The topological polar surface area (TPSA) is 111 Å². The SMILES string of the molecule is O=C(N[C@@H](CO)C(=O)O[P](=O)OCc1ccccc1)OCC1c2ccccc2-c2ccccc21. The summed E-state index contributed by atoms with van der Waals surface area (Å²) in [4.78, 5) is 24.5. The van der Waals surface area contributed by atoms with Gasteiger partial charge in [0.15, 0.2) is 6.04 Å². The minimum Gasteiger partial charge on any atom is -0.449 e. The van der Waals surface area contributed by atoms with Crippen molar-refractivity contribution in [3.63, 3.8) is 0 Å². The smallest absolute Gasteiger partial charge is 0.431 e. The predicted molar refractivity (Wildman–Crippen MR) is 124 cm³/mol.